The van der Waals surface area contributed by atoms with E-state index in [0.29, 0.717) is 24.3 Å². The van der Waals surface area contributed by atoms with Crippen LogP contribution in [-0.2, 0) is 9.53 Å². The van der Waals surface area contributed by atoms with Gasteiger partial charge in [-0.1, -0.05) is 0 Å². The number of aliphatic hydroxyl groups excluding tert-OH is 1. The lowest BCUT2D eigenvalue weighted by Crippen LogP contribution is -2.45. The molecule has 0 unspecified atom stereocenters. The molecule has 0 aliphatic carbocycles. The number of hydrogen-bond donors (Lipinski definition) is 1. The summed E-state index contributed by atoms with van der Waals surface area (Å²) in [4.78, 5) is 13.2. The van der Waals surface area contributed by atoms with Crippen molar-refractivity contribution in [2.24, 2.45) is 0 Å². The third kappa shape index (κ3) is 1.13. The number of carbonyl (C=O) groups excluding carboxylic acids is 1. The smallest absolute Gasteiger partial charge is 0.255 e. The van der Waals surface area contributed by atoms with Crippen LogP contribution in [-0.4, -0.2) is 34.8 Å². The standard InChI is InChI=1S/C9H13NO3/c1-5-6(2)13-9-7(11)3-4-10(9)8(5)12/h7,9,11H,3-4H2,1-2H3/t7-,9+/m0/s1. The number of hydrogen-bond acceptors (Lipinski definition) is 3. The van der Waals surface area contributed by atoms with Crippen molar-refractivity contribution < 1.29 is 14.6 Å². The predicted octanol–water partition coefficient (Wildman–Crippen LogP) is 0.230. The van der Waals surface area contributed by atoms with Crippen molar-refractivity contribution in [1.29, 1.82) is 0 Å². The number of amides is 1. The zero-order valence-corrected chi connectivity index (χ0v) is 7.78. The number of ether oxygens (including phenoxy) is 1. The average Bonchev–Trinajstić information content (AvgIpc) is 2.45. The summed E-state index contributed by atoms with van der Waals surface area (Å²) >= 11 is 0. The Balaban J connectivity index is 2.31. The highest BCUT2D eigenvalue weighted by Gasteiger charge is 2.41. The van der Waals surface area contributed by atoms with Crippen LogP contribution in [0.25, 0.3) is 0 Å². The number of rotatable bonds is 0. The molecular weight excluding hydrogens is 170 g/mol. The maximum Gasteiger partial charge on any atom is 0.255 e. The Morgan fingerprint density at radius 3 is 2.92 bits per heavy atom. The molecule has 0 saturated carbocycles. The zero-order valence-electron chi connectivity index (χ0n) is 7.78. The first-order valence-electron chi connectivity index (χ1n) is 4.44. The van der Waals surface area contributed by atoms with Crippen molar-refractivity contribution in [2.75, 3.05) is 6.54 Å². The molecule has 0 radical (unpaired) electrons. The average molecular weight is 183 g/mol. The van der Waals surface area contributed by atoms with Gasteiger partial charge >= 0.3 is 0 Å². The summed E-state index contributed by atoms with van der Waals surface area (Å²) in [7, 11) is 0. The summed E-state index contributed by atoms with van der Waals surface area (Å²) in [6.45, 7) is 4.10. The SMILES string of the molecule is CC1=C(C)C(=O)N2CC[C@H](O)[C@H]2O1. The maximum absolute atomic E-state index is 11.6. The molecule has 2 heterocycles. The fraction of sp³-hybridized carbons (Fsp3) is 0.667. The van der Waals surface area contributed by atoms with E-state index >= 15 is 0 Å². The molecule has 2 aliphatic rings. The quantitative estimate of drug-likeness (QED) is 0.585. The predicted molar refractivity (Wildman–Crippen MR) is 45.6 cm³/mol. The lowest BCUT2D eigenvalue weighted by molar-refractivity contribution is -0.144. The summed E-state index contributed by atoms with van der Waals surface area (Å²) in [5.41, 5.74) is 0.644. The Kier molecular flexibility index (Phi) is 1.80. The molecule has 1 fully saturated rings. The first kappa shape index (κ1) is 8.56. The van der Waals surface area contributed by atoms with Crippen molar-refractivity contribution in [2.45, 2.75) is 32.6 Å². The normalized spacial score (nSPS) is 33.5. The van der Waals surface area contributed by atoms with E-state index in [2.05, 4.69) is 0 Å². The van der Waals surface area contributed by atoms with Crippen LogP contribution in [0.4, 0.5) is 0 Å². The van der Waals surface area contributed by atoms with Gasteiger partial charge in [0.15, 0.2) is 6.23 Å². The second-order valence-electron chi connectivity index (χ2n) is 3.54. The Morgan fingerprint density at radius 2 is 2.23 bits per heavy atom. The number of allylic oxidation sites excluding steroid dienone is 1. The number of nitrogens with zero attached hydrogens (tertiary/aromatic N) is 1. The van der Waals surface area contributed by atoms with Crippen LogP contribution in [0.2, 0.25) is 0 Å². The molecule has 0 aromatic carbocycles. The summed E-state index contributed by atoms with van der Waals surface area (Å²) in [5, 5.41) is 9.50. The number of fused-ring (bicyclic) bond motifs is 1. The molecular formula is C9H13NO3. The first-order valence-corrected chi connectivity index (χ1v) is 4.44. The third-order valence-electron chi connectivity index (χ3n) is 2.71. The van der Waals surface area contributed by atoms with E-state index in [1.807, 2.05) is 0 Å². The van der Waals surface area contributed by atoms with Crippen LogP contribution in [0.1, 0.15) is 20.3 Å². The highest BCUT2D eigenvalue weighted by molar-refractivity contribution is 5.94. The van der Waals surface area contributed by atoms with Crippen molar-refractivity contribution in [3.05, 3.63) is 11.3 Å². The molecule has 2 aliphatic heterocycles. The van der Waals surface area contributed by atoms with Gasteiger partial charge in [-0.3, -0.25) is 4.79 Å². The molecule has 72 valence electrons. The van der Waals surface area contributed by atoms with Gasteiger partial charge in [-0.25, -0.2) is 0 Å². The van der Waals surface area contributed by atoms with Crippen LogP contribution in [0.3, 0.4) is 0 Å². The Labute approximate surface area is 76.8 Å². The molecule has 1 amide bonds. The molecule has 0 aromatic heterocycles. The number of carbonyl (C=O) groups is 1. The van der Waals surface area contributed by atoms with Crippen molar-refractivity contribution >= 4 is 5.91 Å². The first-order chi connectivity index (χ1) is 6.11. The van der Waals surface area contributed by atoms with Crippen LogP contribution < -0.4 is 0 Å². The third-order valence-corrected chi connectivity index (χ3v) is 2.71. The minimum atomic E-state index is -0.535. The minimum absolute atomic E-state index is 0.00898. The molecule has 2 atom stereocenters. The molecule has 2 rings (SSSR count). The van der Waals surface area contributed by atoms with Gasteiger partial charge in [0.25, 0.3) is 5.91 Å². The van der Waals surface area contributed by atoms with E-state index < -0.39 is 12.3 Å². The largest absolute Gasteiger partial charge is 0.472 e. The monoisotopic (exact) mass is 183 g/mol. The fourth-order valence-electron chi connectivity index (χ4n) is 1.74. The summed E-state index contributed by atoms with van der Waals surface area (Å²) in [6.07, 6.45) is -0.375. The molecule has 4 nitrogen and oxygen atoms in total. The van der Waals surface area contributed by atoms with Crippen molar-refractivity contribution in [3.63, 3.8) is 0 Å². The second-order valence-corrected chi connectivity index (χ2v) is 3.54. The zero-order chi connectivity index (χ0) is 9.59. The van der Waals surface area contributed by atoms with Gasteiger partial charge in [0.05, 0.1) is 5.57 Å². The molecule has 0 bridgehead atoms. The Hall–Kier alpha value is -1.03. The van der Waals surface area contributed by atoms with E-state index in [1.54, 1.807) is 18.7 Å². The Morgan fingerprint density at radius 1 is 1.54 bits per heavy atom. The van der Waals surface area contributed by atoms with Gasteiger partial charge in [-0.15, -0.1) is 0 Å². The summed E-state index contributed by atoms with van der Waals surface area (Å²) in [5.74, 6) is 0.623. The van der Waals surface area contributed by atoms with Gasteiger partial charge in [-0.05, 0) is 20.3 Å². The molecule has 1 N–H and O–H groups in total. The summed E-state index contributed by atoms with van der Waals surface area (Å²) < 4.78 is 5.44. The molecule has 13 heavy (non-hydrogen) atoms. The van der Waals surface area contributed by atoms with Gasteiger partial charge in [0.1, 0.15) is 11.9 Å². The lowest BCUT2D eigenvalue weighted by atomic mass is 10.2. The van der Waals surface area contributed by atoms with Gasteiger partial charge in [0, 0.05) is 6.54 Å². The fourth-order valence-corrected chi connectivity index (χ4v) is 1.74. The molecule has 0 spiro atoms. The van der Waals surface area contributed by atoms with Gasteiger partial charge in [0.2, 0.25) is 0 Å². The minimum Gasteiger partial charge on any atom is -0.472 e. The summed E-state index contributed by atoms with van der Waals surface area (Å²) in [6, 6.07) is 0. The molecule has 4 heteroatoms. The van der Waals surface area contributed by atoms with Gasteiger partial charge < -0.3 is 14.7 Å². The van der Waals surface area contributed by atoms with E-state index in [1.165, 1.54) is 0 Å². The second kappa shape index (κ2) is 2.73. The highest BCUT2D eigenvalue weighted by atomic mass is 16.5. The van der Waals surface area contributed by atoms with Crippen LogP contribution in [0, 0.1) is 0 Å². The highest BCUT2D eigenvalue weighted by Crippen LogP contribution is 2.28. The van der Waals surface area contributed by atoms with Gasteiger partial charge in [-0.2, -0.15) is 0 Å². The van der Waals surface area contributed by atoms with E-state index in [4.69, 9.17) is 4.74 Å². The maximum atomic E-state index is 11.6. The van der Waals surface area contributed by atoms with Crippen molar-refractivity contribution in [3.8, 4) is 0 Å². The van der Waals surface area contributed by atoms with Crippen LogP contribution in [0.5, 0.6) is 0 Å². The Bertz CT molecular complexity index is 285. The molecule has 0 aromatic rings. The molecule has 1 saturated heterocycles. The van der Waals surface area contributed by atoms with Crippen LogP contribution >= 0.6 is 0 Å². The number of aliphatic hydroxyl groups is 1. The van der Waals surface area contributed by atoms with Crippen LogP contribution in [0.15, 0.2) is 11.3 Å². The lowest BCUT2D eigenvalue weighted by Gasteiger charge is -2.32. The topological polar surface area (TPSA) is 49.8 Å². The van der Waals surface area contributed by atoms with E-state index in [0.717, 1.165) is 0 Å². The van der Waals surface area contributed by atoms with E-state index in [-0.39, 0.29) is 5.91 Å². The van der Waals surface area contributed by atoms with E-state index in [9.17, 15) is 9.90 Å². The van der Waals surface area contributed by atoms with Crippen molar-refractivity contribution in [1.82, 2.24) is 4.90 Å².